The Labute approximate surface area is 122 Å². The molecule has 1 fully saturated rings. The zero-order valence-electron chi connectivity index (χ0n) is 12.2. The van der Waals surface area contributed by atoms with E-state index >= 15 is 0 Å². The first-order chi connectivity index (χ1) is 9.80. The molecule has 1 aliphatic rings. The molecule has 0 saturated carbocycles. The lowest BCUT2D eigenvalue weighted by atomic mass is 10.4. The van der Waals surface area contributed by atoms with Crippen molar-refractivity contribution in [2.75, 3.05) is 26.4 Å². The minimum atomic E-state index is -2.05. The smallest absolute Gasteiger partial charge is 0.248 e. The van der Waals surface area contributed by atoms with E-state index in [9.17, 15) is 0 Å². The van der Waals surface area contributed by atoms with Crippen molar-refractivity contribution in [3.63, 3.8) is 0 Å². The molecule has 0 amide bonds. The van der Waals surface area contributed by atoms with E-state index in [1.807, 2.05) is 6.07 Å². The van der Waals surface area contributed by atoms with Crippen molar-refractivity contribution in [3.05, 3.63) is 42.6 Å². The Morgan fingerprint density at radius 3 is 2.75 bits per heavy atom. The molecular weight excluding hydrogens is 268 g/mol. The van der Waals surface area contributed by atoms with Crippen LogP contribution in [0.2, 0.25) is 6.04 Å². The molecule has 2 atom stereocenters. The van der Waals surface area contributed by atoms with Gasteiger partial charge in [-0.25, -0.2) is 0 Å². The minimum Gasteiger partial charge on any atom is -0.409 e. The van der Waals surface area contributed by atoms with Gasteiger partial charge >= 0.3 is 0 Å². The Morgan fingerprint density at radius 1 is 1.40 bits per heavy atom. The highest BCUT2D eigenvalue weighted by Gasteiger charge is 2.33. The Balaban J connectivity index is 1.89. The largest absolute Gasteiger partial charge is 0.409 e. The van der Waals surface area contributed by atoms with E-state index in [0.717, 1.165) is 38.9 Å². The van der Waals surface area contributed by atoms with E-state index in [-0.39, 0.29) is 0 Å². The highest BCUT2D eigenvalue weighted by molar-refractivity contribution is 6.90. The molecule has 1 aliphatic heterocycles. The lowest BCUT2D eigenvalue weighted by molar-refractivity contribution is 0.116. The first-order valence-electron chi connectivity index (χ1n) is 7.33. The lowest BCUT2D eigenvalue weighted by Crippen LogP contribution is -2.49. The van der Waals surface area contributed by atoms with Crippen LogP contribution in [-0.4, -0.2) is 40.8 Å². The highest BCUT2D eigenvalue weighted by atomic mass is 28.4. The zero-order chi connectivity index (χ0) is 14.3. The van der Waals surface area contributed by atoms with Crippen LogP contribution in [0.25, 0.3) is 0 Å². The Morgan fingerprint density at radius 2 is 2.15 bits per heavy atom. The van der Waals surface area contributed by atoms with Gasteiger partial charge in [-0.05, 0) is 24.6 Å². The summed E-state index contributed by atoms with van der Waals surface area (Å²) in [5, 5.41) is 1.29. The van der Waals surface area contributed by atoms with Crippen LogP contribution in [0.5, 0.6) is 0 Å². The molecule has 0 bridgehead atoms. The van der Waals surface area contributed by atoms with E-state index in [1.165, 1.54) is 5.19 Å². The lowest BCUT2D eigenvalue weighted by Gasteiger charge is -2.28. The van der Waals surface area contributed by atoms with Gasteiger partial charge in [-0.2, -0.15) is 0 Å². The fourth-order valence-corrected chi connectivity index (χ4v) is 5.47. The SMILES string of the molecule is C=C[Si](CCCOCC1CO1)(OCC)c1ccccc1. The van der Waals surface area contributed by atoms with Crippen LogP contribution >= 0.6 is 0 Å². The average Bonchev–Trinajstić information content (AvgIpc) is 3.31. The summed E-state index contributed by atoms with van der Waals surface area (Å²) < 4.78 is 16.9. The average molecular weight is 292 g/mol. The van der Waals surface area contributed by atoms with Gasteiger partial charge < -0.3 is 13.9 Å². The fraction of sp³-hybridized carbons (Fsp3) is 0.500. The third-order valence-electron chi connectivity index (χ3n) is 3.54. The minimum absolute atomic E-state index is 0.345. The van der Waals surface area contributed by atoms with Gasteiger partial charge in [-0.1, -0.05) is 36.0 Å². The van der Waals surface area contributed by atoms with Crippen molar-refractivity contribution in [2.24, 2.45) is 0 Å². The van der Waals surface area contributed by atoms with Crippen LogP contribution in [0.4, 0.5) is 0 Å². The van der Waals surface area contributed by atoms with Crippen LogP contribution in [0.15, 0.2) is 42.6 Å². The summed E-state index contributed by atoms with van der Waals surface area (Å²) in [4.78, 5) is 0. The Kier molecular flexibility index (Phi) is 5.98. The number of benzene rings is 1. The van der Waals surface area contributed by atoms with Crippen LogP contribution in [0.3, 0.4) is 0 Å². The molecule has 1 heterocycles. The van der Waals surface area contributed by atoms with Crippen molar-refractivity contribution in [1.82, 2.24) is 0 Å². The third kappa shape index (κ3) is 4.28. The summed E-state index contributed by atoms with van der Waals surface area (Å²) in [6.07, 6.45) is 1.34. The molecule has 0 aromatic heterocycles. The fourth-order valence-electron chi connectivity index (χ4n) is 2.37. The van der Waals surface area contributed by atoms with E-state index in [2.05, 4.69) is 43.5 Å². The first kappa shape index (κ1) is 15.4. The second-order valence-corrected chi connectivity index (χ2v) is 8.58. The van der Waals surface area contributed by atoms with Crippen molar-refractivity contribution < 1.29 is 13.9 Å². The molecule has 0 spiro atoms. The van der Waals surface area contributed by atoms with E-state index in [4.69, 9.17) is 13.9 Å². The van der Waals surface area contributed by atoms with Gasteiger partial charge in [0.1, 0.15) is 6.10 Å². The maximum absolute atomic E-state index is 6.15. The van der Waals surface area contributed by atoms with Crippen molar-refractivity contribution >= 4 is 13.5 Å². The maximum Gasteiger partial charge on any atom is 0.248 e. The number of hydrogen-bond acceptors (Lipinski definition) is 3. The van der Waals surface area contributed by atoms with Gasteiger partial charge in [0.25, 0.3) is 0 Å². The van der Waals surface area contributed by atoms with Crippen molar-refractivity contribution in [3.8, 4) is 0 Å². The molecule has 1 aromatic rings. The molecule has 1 aromatic carbocycles. The molecule has 3 nitrogen and oxygen atoms in total. The first-order valence-corrected chi connectivity index (χ1v) is 9.52. The molecule has 2 unspecified atom stereocenters. The zero-order valence-corrected chi connectivity index (χ0v) is 13.2. The molecule has 0 radical (unpaired) electrons. The maximum atomic E-state index is 6.15. The predicted molar refractivity (Wildman–Crippen MR) is 83.6 cm³/mol. The molecule has 0 N–H and O–H groups in total. The summed E-state index contributed by atoms with van der Waals surface area (Å²) in [6.45, 7) is 9.16. The van der Waals surface area contributed by atoms with Gasteiger partial charge in [0.15, 0.2) is 0 Å². The van der Waals surface area contributed by atoms with E-state index in [1.54, 1.807) is 0 Å². The molecular formula is C16H24O3Si. The predicted octanol–water partition coefficient (Wildman–Crippen LogP) is 2.41. The molecule has 2 rings (SSSR count). The van der Waals surface area contributed by atoms with E-state index < -0.39 is 8.32 Å². The van der Waals surface area contributed by atoms with Crippen LogP contribution < -0.4 is 5.19 Å². The van der Waals surface area contributed by atoms with E-state index in [0.29, 0.717) is 6.10 Å². The normalized spacial score (nSPS) is 20.4. The summed E-state index contributed by atoms with van der Waals surface area (Å²) in [5.74, 6) is 0. The highest BCUT2D eigenvalue weighted by Crippen LogP contribution is 2.17. The summed E-state index contributed by atoms with van der Waals surface area (Å²) >= 11 is 0. The summed E-state index contributed by atoms with van der Waals surface area (Å²) in [5.41, 5.74) is 2.05. The van der Waals surface area contributed by atoms with Crippen molar-refractivity contribution in [1.29, 1.82) is 0 Å². The number of hydrogen-bond donors (Lipinski definition) is 0. The molecule has 20 heavy (non-hydrogen) atoms. The van der Waals surface area contributed by atoms with Crippen molar-refractivity contribution in [2.45, 2.75) is 25.5 Å². The molecule has 0 aliphatic carbocycles. The second kappa shape index (κ2) is 7.74. The van der Waals surface area contributed by atoms with Gasteiger partial charge in [-0.3, -0.25) is 0 Å². The molecule has 4 heteroatoms. The van der Waals surface area contributed by atoms with Crippen LogP contribution in [0, 0.1) is 0 Å². The summed E-state index contributed by atoms with van der Waals surface area (Å²) in [7, 11) is -2.05. The molecule has 110 valence electrons. The number of ether oxygens (including phenoxy) is 2. The monoisotopic (exact) mass is 292 g/mol. The number of epoxide rings is 1. The second-order valence-electron chi connectivity index (χ2n) is 5.03. The standard InChI is InChI=1S/C16H24O3Si/c1-3-19-20(4-2,16-9-6-5-7-10-16)12-8-11-17-13-15-14-18-15/h4-7,9-10,15H,2-3,8,11-14H2,1H3. The Hall–Kier alpha value is -0.943. The van der Waals surface area contributed by atoms with Gasteiger partial charge in [0.05, 0.1) is 13.2 Å². The third-order valence-corrected chi connectivity index (χ3v) is 7.41. The van der Waals surface area contributed by atoms with Crippen LogP contribution in [-0.2, 0) is 13.9 Å². The van der Waals surface area contributed by atoms with Crippen LogP contribution in [0.1, 0.15) is 13.3 Å². The number of rotatable bonds is 10. The quantitative estimate of drug-likeness (QED) is 0.377. The van der Waals surface area contributed by atoms with Gasteiger partial charge in [0, 0.05) is 13.2 Å². The molecule has 1 saturated heterocycles. The van der Waals surface area contributed by atoms with Gasteiger partial charge in [-0.15, -0.1) is 6.58 Å². The summed E-state index contributed by atoms with van der Waals surface area (Å²) in [6, 6.07) is 11.5. The van der Waals surface area contributed by atoms with Gasteiger partial charge in [0.2, 0.25) is 8.32 Å². The Bertz CT molecular complexity index is 405. The topological polar surface area (TPSA) is 31.0 Å².